The fourth-order valence-corrected chi connectivity index (χ4v) is 1.42. The summed E-state index contributed by atoms with van der Waals surface area (Å²) in [7, 11) is 0. The van der Waals surface area contributed by atoms with E-state index in [2.05, 4.69) is 4.99 Å². The molecule has 0 radical (unpaired) electrons. The van der Waals surface area contributed by atoms with Gasteiger partial charge in [-0.2, -0.15) is 4.99 Å². The van der Waals surface area contributed by atoms with Crippen molar-refractivity contribution in [2.24, 2.45) is 4.99 Å². The van der Waals surface area contributed by atoms with Crippen LogP contribution in [0.3, 0.4) is 0 Å². The zero-order chi connectivity index (χ0) is 9.84. The minimum absolute atomic E-state index is 0.299. The van der Waals surface area contributed by atoms with Gasteiger partial charge in [-0.1, -0.05) is 36.0 Å². The molecule has 0 aliphatic rings. The quantitative estimate of drug-likeness (QED) is 0.387. The topological polar surface area (TPSA) is 29.4 Å². The first kappa shape index (κ1) is 9.78. The number of hydrogen-bond acceptors (Lipinski definition) is 2. The van der Waals surface area contributed by atoms with Crippen LogP contribution in [-0.2, 0) is 4.79 Å². The molecule has 0 saturated heterocycles. The largest absolute Gasteiger partial charge is 0.241 e. The Labute approximate surface area is 82.3 Å². The van der Waals surface area contributed by atoms with Crippen LogP contribution in [0.15, 0.2) is 23.2 Å². The van der Waals surface area contributed by atoms with E-state index in [0.29, 0.717) is 4.99 Å². The van der Waals surface area contributed by atoms with Gasteiger partial charge < -0.3 is 0 Å². The van der Waals surface area contributed by atoms with Crippen LogP contribution >= 0.6 is 12.2 Å². The van der Waals surface area contributed by atoms with Crippen molar-refractivity contribution in [2.75, 3.05) is 0 Å². The van der Waals surface area contributed by atoms with Crippen molar-refractivity contribution in [1.29, 1.82) is 0 Å². The van der Waals surface area contributed by atoms with Crippen molar-refractivity contribution in [3.05, 3.63) is 34.9 Å². The summed E-state index contributed by atoms with van der Waals surface area (Å²) in [6.45, 7) is 3.94. The molecule has 13 heavy (non-hydrogen) atoms. The number of nitrogens with zero attached hydrogens (tertiary/aromatic N) is 1. The first-order valence-electron chi connectivity index (χ1n) is 3.84. The van der Waals surface area contributed by atoms with Gasteiger partial charge >= 0.3 is 0 Å². The zero-order valence-corrected chi connectivity index (χ0v) is 8.31. The molecule has 0 amide bonds. The van der Waals surface area contributed by atoms with Crippen LogP contribution in [0.1, 0.15) is 16.7 Å². The third-order valence-corrected chi connectivity index (χ3v) is 2.07. The van der Waals surface area contributed by atoms with E-state index in [4.69, 9.17) is 12.2 Å². The normalized spacial score (nSPS) is 9.08. The van der Waals surface area contributed by atoms with E-state index >= 15 is 0 Å². The lowest BCUT2D eigenvalue weighted by Gasteiger charge is -2.02. The van der Waals surface area contributed by atoms with Gasteiger partial charge in [-0.25, -0.2) is 4.79 Å². The summed E-state index contributed by atoms with van der Waals surface area (Å²) in [5, 5.41) is 0. The molecule has 0 atom stereocenters. The molecule has 0 bridgehead atoms. The molecule has 0 spiro atoms. The van der Waals surface area contributed by atoms with Crippen LogP contribution in [-0.4, -0.2) is 11.1 Å². The first-order chi connectivity index (χ1) is 6.15. The molecule has 0 fully saturated rings. The molecule has 0 N–H and O–H groups in total. The summed E-state index contributed by atoms with van der Waals surface area (Å²) in [5.74, 6) is 0. The standard InChI is InChI=1S/C10H9NOS/c1-7-3-4-9(8(2)5-7)10(13)11-6-12/h3-5H,1-2H3. The fourth-order valence-electron chi connectivity index (χ4n) is 1.16. The lowest BCUT2D eigenvalue weighted by atomic mass is 10.1. The van der Waals surface area contributed by atoms with Gasteiger partial charge in [0.2, 0.25) is 6.08 Å². The van der Waals surface area contributed by atoms with E-state index in [-0.39, 0.29) is 0 Å². The number of thiocarbonyl (C=S) groups is 1. The summed E-state index contributed by atoms with van der Waals surface area (Å²) in [6.07, 6.45) is 1.44. The second-order valence-electron chi connectivity index (χ2n) is 2.83. The predicted molar refractivity (Wildman–Crippen MR) is 55.7 cm³/mol. The van der Waals surface area contributed by atoms with E-state index in [1.165, 1.54) is 11.6 Å². The van der Waals surface area contributed by atoms with Crippen LogP contribution in [0, 0.1) is 13.8 Å². The maximum absolute atomic E-state index is 9.99. The van der Waals surface area contributed by atoms with Crippen molar-refractivity contribution in [3.8, 4) is 0 Å². The van der Waals surface area contributed by atoms with Gasteiger partial charge in [0.15, 0.2) is 0 Å². The maximum Gasteiger partial charge on any atom is 0.241 e. The number of isocyanates is 1. The Bertz CT molecular complexity index is 392. The molecule has 0 unspecified atom stereocenters. The van der Waals surface area contributed by atoms with Gasteiger partial charge in [0.05, 0.1) is 0 Å². The lowest BCUT2D eigenvalue weighted by Crippen LogP contribution is -1.96. The fraction of sp³-hybridized carbons (Fsp3) is 0.200. The van der Waals surface area contributed by atoms with Crippen LogP contribution in [0.4, 0.5) is 0 Å². The van der Waals surface area contributed by atoms with E-state index in [0.717, 1.165) is 11.1 Å². The van der Waals surface area contributed by atoms with Crippen molar-refractivity contribution in [1.82, 2.24) is 0 Å². The highest BCUT2D eigenvalue weighted by Crippen LogP contribution is 2.12. The molecule has 1 aromatic rings. The number of aryl methyl sites for hydroxylation is 2. The van der Waals surface area contributed by atoms with Gasteiger partial charge in [0.25, 0.3) is 0 Å². The second kappa shape index (κ2) is 4.08. The minimum Gasteiger partial charge on any atom is -0.211 e. The Kier molecular flexibility index (Phi) is 3.07. The molecule has 66 valence electrons. The minimum atomic E-state index is 0.299. The monoisotopic (exact) mass is 191 g/mol. The third kappa shape index (κ3) is 2.31. The van der Waals surface area contributed by atoms with Crippen molar-refractivity contribution >= 4 is 23.3 Å². The molecular weight excluding hydrogens is 182 g/mol. The van der Waals surface area contributed by atoms with Crippen LogP contribution < -0.4 is 0 Å². The predicted octanol–water partition coefficient (Wildman–Crippen LogP) is 2.31. The average Bonchev–Trinajstić information content (AvgIpc) is 2.04. The number of rotatable bonds is 1. The first-order valence-corrected chi connectivity index (χ1v) is 4.25. The van der Waals surface area contributed by atoms with E-state index < -0.39 is 0 Å². The lowest BCUT2D eigenvalue weighted by molar-refractivity contribution is 0.566. The van der Waals surface area contributed by atoms with E-state index in [1.807, 2.05) is 32.0 Å². The molecular formula is C10H9NOS. The van der Waals surface area contributed by atoms with Crippen molar-refractivity contribution in [3.63, 3.8) is 0 Å². The summed E-state index contributed by atoms with van der Waals surface area (Å²) < 4.78 is 0. The Morgan fingerprint density at radius 1 is 1.46 bits per heavy atom. The van der Waals surface area contributed by atoms with E-state index in [9.17, 15) is 4.79 Å². The van der Waals surface area contributed by atoms with E-state index in [1.54, 1.807) is 0 Å². The molecule has 0 aliphatic heterocycles. The molecule has 1 rings (SSSR count). The average molecular weight is 191 g/mol. The Hall–Kier alpha value is -1.31. The number of hydrogen-bond donors (Lipinski definition) is 0. The summed E-state index contributed by atoms with van der Waals surface area (Å²) in [6, 6.07) is 5.81. The highest BCUT2D eigenvalue weighted by atomic mass is 32.1. The maximum atomic E-state index is 9.99. The highest BCUT2D eigenvalue weighted by molar-refractivity contribution is 7.80. The number of benzene rings is 1. The van der Waals surface area contributed by atoms with Crippen LogP contribution in [0.25, 0.3) is 0 Å². The summed E-state index contributed by atoms with van der Waals surface area (Å²) in [5.41, 5.74) is 3.02. The zero-order valence-electron chi connectivity index (χ0n) is 7.50. The molecule has 0 heterocycles. The summed E-state index contributed by atoms with van der Waals surface area (Å²) in [4.78, 5) is 13.7. The number of carbonyl (C=O) groups excluding carboxylic acids is 1. The van der Waals surface area contributed by atoms with Gasteiger partial charge in [0.1, 0.15) is 4.99 Å². The molecule has 2 nitrogen and oxygen atoms in total. The van der Waals surface area contributed by atoms with Gasteiger partial charge in [-0.05, 0) is 19.4 Å². The van der Waals surface area contributed by atoms with Gasteiger partial charge in [-0.15, -0.1) is 0 Å². The Morgan fingerprint density at radius 3 is 2.69 bits per heavy atom. The molecule has 3 heteroatoms. The Morgan fingerprint density at radius 2 is 2.15 bits per heavy atom. The highest BCUT2D eigenvalue weighted by Gasteiger charge is 2.02. The SMILES string of the molecule is Cc1ccc(C(=S)N=C=O)c(C)c1. The molecule has 1 aromatic carbocycles. The summed E-state index contributed by atoms with van der Waals surface area (Å²) >= 11 is 4.92. The number of aliphatic imine (C=N–C) groups is 1. The third-order valence-electron chi connectivity index (χ3n) is 1.76. The van der Waals surface area contributed by atoms with Crippen molar-refractivity contribution < 1.29 is 4.79 Å². The smallest absolute Gasteiger partial charge is 0.211 e. The van der Waals surface area contributed by atoms with Gasteiger partial charge in [0, 0.05) is 5.56 Å². The second-order valence-corrected chi connectivity index (χ2v) is 3.21. The molecule has 0 saturated carbocycles. The van der Waals surface area contributed by atoms with Crippen molar-refractivity contribution in [2.45, 2.75) is 13.8 Å². The van der Waals surface area contributed by atoms with Crippen LogP contribution in [0.5, 0.6) is 0 Å². The molecule has 0 aliphatic carbocycles. The molecule has 0 aromatic heterocycles. The van der Waals surface area contributed by atoms with Gasteiger partial charge in [-0.3, -0.25) is 0 Å². The Balaban J connectivity index is 3.16. The van der Waals surface area contributed by atoms with Crippen LogP contribution in [0.2, 0.25) is 0 Å².